The maximum atomic E-state index is 11.6. The molecule has 0 unspecified atom stereocenters. The number of carbonyl (C=O) groups is 1. The predicted octanol–water partition coefficient (Wildman–Crippen LogP) is 2.21. The molecule has 104 valence electrons. The van der Waals surface area contributed by atoms with E-state index in [1.807, 2.05) is 0 Å². The van der Waals surface area contributed by atoms with Crippen molar-refractivity contribution in [3.05, 3.63) is 66.2 Å². The molecule has 0 N–H and O–H groups in total. The van der Waals surface area contributed by atoms with Crippen LogP contribution in [0.3, 0.4) is 0 Å². The molecule has 0 aliphatic carbocycles. The molecule has 0 fully saturated rings. The number of ether oxygens (including phenoxy) is 1. The van der Waals surface area contributed by atoms with Gasteiger partial charge in [0, 0.05) is 0 Å². The molecule has 0 amide bonds. The van der Waals surface area contributed by atoms with Crippen molar-refractivity contribution in [2.45, 2.75) is 0 Å². The van der Waals surface area contributed by atoms with Gasteiger partial charge in [-0.2, -0.15) is 8.42 Å². The molecule has 2 aromatic rings. The minimum absolute atomic E-state index is 0.170. The SMILES string of the molecule is O=C(OCS(=O)(=O)Oc1ccccc1)c1ccccc1. The Labute approximate surface area is 116 Å². The molecule has 0 spiro atoms. The smallest absolute Gasteiger partial charge is 0.345 e. The van der Waals surface area contributed by atoms with Crippen molar-refractivity contribution in [1.82, 2.24) is 0 Å². The molecule has 0 aliphatic rings. The van der Waals surface area contributed by atoms with E-state index in [-0.39, 0.29) is 11.3 Å². The summed E-state index contributed by atoms with van der Waals surface area (Å²) in [5, 5.41) is 0. The van der Waals surface area contributed by atoms with Crippen LogP contribution >= 0.6 is 0 Å². The van der Waals surface area contributed by atoms with E-state index in [0.717, 1.165) is 0 Å². The first-order valence-electron chi connectivity index (χ1n) is 5.76. The fraction of sp³-hybridized carbons (Fsp3) is 0.0714. The van der Waals surface area contributed by atoms with Crippen molar-refractivity contribution in [2.75, 3.05) is 5.94 Å². The van der Waals surface area contributed by atoms with Crippen molar-refractivity contribution >= 4 is 16.1 Å². The van der Waals surface area contributed by atoms with Crippen molar-refractivity contribution in [1.29, 1.82) is 0 Å². The Morgan fingerprint density at radius 2 is 1.45 bits per heavy atom. The van der Waals surface area contributed by atoms with E-state index in [9.17, 15) is 13.2 Å². The van der Waals surface area contributed by atoms with Crippen LogP contribution in [-0.2, 0) is 14.9 Å². The number of carbonyl (C=O) groups excluding carboxylic acids is 1. The minimum atomic E-state index is -3.98. The van der Waals surface area contributed by atoms with E-state index >= 15 is 0 Å². The van der Waals surface area contributed by atoms with Crippen LogP contribution in [0.2, 0.25) is 0 Å². The topological polar surface area (TPSA) is 69.7 Å². The third-order valence-corrected chi connectivity index (χ3v) is 3.16. The van der Waals surface area contributed by atoms with E-state index in [1.165, 1.54) is 24.3 Å². The van der Waals surface area contributed by atoms with Crippen LogP contribution in [0.15, 0.2) is 60.7 Å². The van der Waals surface area contributed by atoms with Gasteiger partial charge in [0.1, 0.15) is 5.75 Å². The molecule has 6 heteroatoms. The van der Waals surface area contributed by atoms with Crippen molar-refractivity contribution in [3.63, 3.8) is 0 Å². The van der Waals surface area contributed by atoms with E-state index < -0.39 is 22.0 Å². The monoisotopic (exact) mass is 292 g/mol. The number of hydrogen-bond acceptors (Lipinski definition) is 5. The van der Waals surface area contributed by atoms with Gasteiger partial charge in [0.2, 0.25) is 5.94 Å². The summed E-state index contributed by atoms with van der Waals surface area (Å²) in [7, 11) is -3.98. The largest absolute Gasteiger partial charge is 0.442 e. The summed E-state index contributed by atoms with van der Waals surface area (Å²) in [4.78, 5) is 11.6. The van der Waals surface area contributed by atoms with Gasteiger partial charge >= 0.3 is 16.1 Å². The van der Waals surface area contributed by atoms with Gasteiger partial charge in [0.25, 0.3) is 0 Å². The highest BCUT2D eigenvalue weighted by Gasteiger charge is 2.17. The maximum Gasteiger partial charge on any atom is 0.345 e. The predicted molar refractivity (Wildman–Crippen MR) is 72.7 cm³/mol. The Balaban J connectivity index is 1.95. The van der Waals surface area contributed by atoms with Gasteiger partial charge < -0.3 is 8.92 Å². The fourth-order valence-electron chi connectivity index (χ4n) is 1.43. The molecule has 0 saturated heterocycles. The lowest BCUT2D eigenvalue weighted by molar-refractivity contribution is 0.0565. The van der Waals surface area contributed by atoms with Gasteiger partial charge in [-0.05, 0) is 24.3 Å². The molecular formula is C14H12O5S. The Kier molecular flexibility index (Phi) is 4.37. The lowest BCUT2D eigenvalue weighted by Gasteiger charge is -2.07. The quantitative estimate of drug-likeness (QED) is 0.624. The molecular weight excluding hydrogens is 280 g/mol. The van der Waals surface area contributed by atoms with E-state index in [4.69, 9.17) is 8.92 Å². The molecule has 2 aromatic carbocycles. The number of esters is 1. The highest BCUT2D eigenvalue weighted by molar-refractivity contribution is 7.86. The maximum absolute atomic E-state index is 11.6. The molecule has 0 saturated carbocycles. The van der Waals surface area contributed by atoms with Gasteiger partial charge in [-0.15, -0.1) is 0 Å². The zero-order chi connectivity index (χ0) is 14.4. The van der Waals surface area contributed by atoms with Crippen molar-refractivity contribution in [2.24, 2.45) is 0 Å². The molecule has 0 heterocycles. The van der Waals surface area contributed by atoms with Gasteiger partial charge in [0.05, 0.1) is 5.56 Å². The summed E-state index contributed by atoms with van der Waals surface area (Å²) >= 11 is 0. The fourth-order valence-corrected chi connectivity index (χ4v) is 2.13. The van der Waals surface area contributed by atoms with E-state index in [2.05, 4.69) is 0 Å². The first-order valence-corrected chi connectivity index (χ1v) is 7.34. The highest BCUT2D eigenvalue weighted by Crippen LogP contribution is 2.12. The Hall–Kier alpha value is -2.34. The van der Waals surface area contributed by atoms with Gasteiger partial charge in [-0.3, -0.25) is 0 Å². The standard InChI is InChI=1S/C14H12O5S/c15-14(12-7-3-1-4-8-12)18-11-20(16,17)19-13-9-5-2-6-10-13/h1-10H,11H2. The molecule has 0 atom stereocenters. The third kappa shape index (κ3) is 4.10. The van der Waals surface area contributed by atoms with Crippen molar-refractivity contribution < 1.29 is 22.1 Å². The number of benzene rings is 2. The lowest BCUT2D eigenvalue weighted by Crippen LogP contribution is -2.19. The summed E-state index contributed by atoms with van der Waals surface area (Å²) in [6.07, 6.45) is 0. The van der Waals surface area contributed by atoms with Gasteiger partial charge in [-0.25, -0.2) is 4.79 Å². The van der Waals surface area contributed by atoms with E-state index in [1.54, 1.807) is 36.4 Å². The number of hydrogen-bond donors (Lipinski definition) is 0. The molecule has 0 aromatic heterocycles. The van der Waals surface area contributed by atoms with Crippen LogP contribution < -0.4 is 4.18 Å². The zero-order valence-corrected chi connectivity index (χ0v) is 11.2. The second kappa shape index (κ2) is 6.21. The van der Waals surface area contributed by atoms with Crippen LogP contribution in [0.4, 0.5) is 0 Å². The highest BCUT2D eigenvalue weighted by atomic mass is 32.2. The summed E-state index contributed by atoms with van der Waals surface area (Å²) in [6.45, 7) is 0. The molecule has 2 rings (SSSR count). The summed E-state index contributed by atoms with van der Waals surface area (Å²) in [5.74, 6) is -1.38. The van der Waals surface area contributed by atoms with Crippen LogP contribution in [-0.4, -0.2) is 20.3 Å². The van der Waals surface area contributed by atoms with Crippen molar-refractivity contribution in [3.8, 4) is 5.75 Å². The summed E-state index contributed by atoms with van der Waals surface area (Å²) in [6, 6.07) is 16.1. The van der Waals surface area contributed by atoms with Crippen LogP contribution in [0.5, 0.6) is 5.75 Å². The third-order valence-electron chi connectivity index (χ3n) is 2.31. The van der Waals surface area contributed by atoms with Crippen LogP contribution in [0.1, 0.15) is 10.4 Å². The Bertz CT molecular complexity index is 665. The zero-order valence-electron chi connectivity index (χ0n) is 10.4. The van der Waals surface area contributed by atoms with Gasteiger partial charge in [0.15, 0.2) is 0 Å². The first-order chi connectivity index (χ1) is 9.57. The molecule has 5 nitrogen and oxygen atoms in total. The van der Waals surface area contributed by atoms with Crippen LogP contribution in [0.25, 0.3) is 0 Å². The molecule has 0 aliphatic heterocycles. The second-order valence-electron chi connectivity index (χ2n) is 3.87. The first kappa shape index (κ1) is 14.1. The second-order valence-corrected chi connectivity index (χ2v) is 5.39. The molecule has 0 radical (unpaired) electrons. The van der Waals surface area contributed by atoms with Crippen LogP contribution in [0, 0.1) is 0 Å². The minimum Gasteiger partial charge on any atom is -0.442 e. The number of rotatable bonds is 5. The van der Waals surface area contributed by atoms with Gasteiger partial charge in [-0.1, -0.05) is 36.4 Å². The summed E-state index contributed by atoms with van der Waals surface area (Å²) in [5.41, 5.74) is 0.280. The Morgan fingerprint density at radius 3 is 2.05 bits per heavy atom. The van der Waals surface area contributed by atoms with E-state index in [0.29, 0.717) is 0 Å². The molecule has 0 bridgehead atoms. The lowest BCUT2D eigenvalue weighted by atomic mass is 10.2. The average Bonchev–Trinajstić information content (AvgIpc) is 2.46. The number of para-hydroxylation sites is 1. The Morgan fingerprint density at radius 1 is 0.900 bits per heavy atom. The average molecular weight is 292 g/mol. The molecule has 20 heavy (non-hydrogen) atoms. The normalized spacial score (nSPS) is 10.8. The summed E-state index contributed by atoms with van der Waals surface area (Å²) < 4.78 is 32.8.